The second-order valence-corrected chi connectivity index (χ2v) is 5.62. The van der Waals surface area contributed by atoms with Crippen molar-refractivity contribution in [1.82, 2.24) is 0 Å². The van der Waals surface area contributed by atoms with Gasteiger partial charge in [0.2, 0.25) is 0 Å². The minimum absolute atomic E-state index is 0.0268. The maximum atomic E-state index is 12.2. The van der Waals surface area contributed by atoms with Crippen molar-refractivity contribution in [2.45, 2.75) is 6.92 Å². The highest BCUT2D eigenvalue weighted by Gasteiger charge is 2.15. The lowest BCUT2D eigenvalue weighted by atomic mass is 10.1. The Hall–Kier alpha value is -1.92. The van der Waals surface area contributed by atoms with E-state index in [1.807, 2.05) is 13.0 Å². The lowest BCUT2D eigenvalue weighted by Crippen LogP contribution is -2.12. The molecule has 0 heterocycles. The fourth-order valence-corrected chi connectivity index (χ4v) is 2.42. The Morgan fingerprint density at radius 1 is 1.29 bits per heavy atom. The van der Waals surface area contributed by atoms with Crippen LogP contribution < -0.4 is 5.32 Å². The number of carbonyl (C=O) groups is 1. The molecule has 1 N–H and O–H groups in total. The highest BCUT2D eigenvalue weighted by atomic mass is 79.9. The summed E-state index contributed by atoms with van der Waals surface area (Å²) in [5.41, 5.74) is 1.62. The minimum atomic E-state index is -0.578. The Labute approximate surface area is 134 Å². The van der Waals surface area contributed by atoms with Crippen molar-refractivity contribution < 1.29 is 9.72 Å². The molecule has 0 aromatic heterocycles. The van der Waals surface area contributed by atoms with Crippen molar-refractivity contribution in [3.63, 3.8) is 0 Å². The third-order valence-electron chi connectivity index (χ3n) is 2.77. The average Bonchev–Trinajstić information content (AvgIpc) is 2.41. The molecule has 0 saturated heterocycles. The molecule has 108 valence electrons. The molecule has 2 rings (SSSR count). The van der Waals surface area contributed by atoms with E-state index in [9.17, 15) is 14.9 Å². The molecule has 0 aliphatic heterocycles. The SMILES string of the molecule is Cc1ccc(Br)c(C(=O)Nc2ccc([N+](=O)[O-])c(Cl)c2)c1. The first kappa shape index (κ1) is 15.5. The van der Waals surface area contributed by atoms with Gasteiger partial charge in [0.05, 0.1) is 10.5 Å². The van der Waals surface area contributed by atoms with Crippen LogP contribution in [0.2, 0.25) is 5.02 Å². The maximum absolute atomic E-state index is 12.2. The van der Waals surface area contributed by atoms with Gasteiger partial charge in [0.1, 0.15) is 5.02 Å². The predicted octanol–water partition coefficient (Wildman–Crippen LogP) is 4.57. The molecular weight excluding hydrogens is 360 g/mol. The van der Waals surface area contributed by atoms with Crippen molar-refractivity contribution in [3.8, 4) is 0 Å². The quantitative estimate of drug-likeness (QED) is 0.636. The van der Waals surface area contributed by atoms with Gasteiger partial charge in [-0.2, -0.15) is 0 Å². The molecule has 7 heteroatoms. The van der Waals surface area contributed by atoms with Gasteiger partial charge in [-0.05, 0) is 47.1 Å². The van der Waals surface area contributed by atoms with Gasteiger partial charge < -0.3 is 5.32 Å². The normalized spacial score (nSPS) is 10.2. The van der Waals surface area contributed by atoms with Crippen molar-refractivity contribution in [2.75, 3.05) is 5.32 Å². The third kappa shape index (κ3) is 3.59. The van der Waals surface area contributed by atoms with Crippen LogP contribution >= 0.6 is 27.5 Å². The van der Waals surface area contributed by atoms with Crippen molar-refractivity contribution in [1.29, 1.82) is 0 Å². The molecule has 2 aromatic rings. The summed E-state index contributed by atoms with van der Waals surface area (Å²) in [6.07, 6.45) is 0. The van der Waals surface area contributed by atoms with E-state index < -0.39 is 4.92 Å². The van der Waals surface area contributed by atoms with Crippen LogP contribution in [-0.2, 0) is 0 Å². The Morgan fingerprint density at radius 3 is 2.62 bits per heavy atom. The molecule has 0 aliphatic carbocycles. The van der Waals surface area contributed by atoms with Crippen molar-refractivity contribution >= 4 is 44.8 Å². The van der Waals surface area contributed by atoms with Crippen LogP contribution in [0.15, 0.2) is 40.9 Å². The summed E-state index contributed by atoms with van der Waals surface area (Å²) in [5, 5.41) is 13.3. The lowest BCUT2D eigenvalue weighted by Gasteiger charge is -2.08. The molecule has 0 radical (unpaired) electrons. The number of halogens is 2. The summed E-state index contributed by atoms with van der Waals surface area (Å²) in [6.45, 7) is 1.88. The van der Waals surface area contributed by atoms with E-state index in [2.05, 4.69) is 21.2 Å². The van der Waals surface area contributed by atoms with Gasteiger partial charge in [0.15, 0.2) is 0 Å². The molecule has 0 unspecified atom stereocenters. The zero-order valence-electron chi connectivity index (χ0n) is 10.9. The fourth-order valence-electron chi connectivity index (χ4n) is 1.74. The number of carbonyl (C=O) groups excluding carboxylic acids is 1. The average molecular weight is 370 g/mol. The summed E-state index contributed by atoms with van der Waals surface area (Å²) in [5.74, 6) is -0.324. The molecule has 0 fully saturated rings. The van der Waals surface area contributed by atoms with Crippen molar-refractivity contribution in [2.24, 2.45) is 0 Å². The van der Waals surface area contributed by atoms with E-state index >= 15 is 0 Å². The van der Waals surface area contributed by atoms with Gasteiger partial charge in [-0.3, -0.25) is 14.9 Å². The van der Waals surface area contributed by atoms with Gasteiger partial charge in [0, 0.05) is 16.2 Å². The van der Waals surface area contributed by atoms with E-state index in [0.29, 0.717) is 15.7 Å². The first-order chi connectivity index (χ1) is 9.88. The molecule has 21 heavy (non-hydrogen) atoms. The molecule has 0 spiro atoms. The monoisotopic (exact) mass is 368 g/mol. The van der Waals surface area contributed by atoms with E-state index in [4.69, 9.17) is 11.6 Å². The number of nitro benzene ring substituents is 1. The third-order valence-corrected chi connectivity index (χ3v) is 3.76. The number of amides is 1. The highest BCUT2D eigenvalue weighted by molar-refractivity contribution is 9.10. The zero-order valence-corrected chi connectivity index (χ0v) is 13.2. The number of hydrogen-bond donors (Lipinski definition) is 1. The van der Waals surface area contributed by atoms with Gasteiger partial charge >= 0.3 is 0 Å². The molecule has 0 aliphatic rings. The van der Waals surface area contributed by atoms with Gasteiger partial charge in [-0.1, -0.05) is 23.2 Å². The van der Waals surface area contributed by atoms with E-state index in [0.717, 1.165) is 5.56 Å². The van der Waals surface area contributed by atoms with Gasteiger partial charge in [-0.15, -0.1) is 0 Å². The summed E-state index contributed by atoms with van der Waals surface area (Å²) in [6, 6.07) is 9.44. The molecular formula is C14H10BrClN2O3. The van der Waals surface area contributed by atoms with Gasteiger partial charge in [-0.25, -0.2) is 0 Å². The summed E-state index contributed by atoms with van der Waals surface area (Å²) >= 11 is 9.12. The molecule has 0 bridgehead atoms. The number of aryl methyl sites for hydroxylation is 1. The smallest absolute Gasteiger partial charge is 0.288 e. The van der Waals surface area contributed by atoms with E-state index in [1.165, 1.54) is 18.2 Å². The first-order valence-electron chi connectivity index (χ1n) is 5.90. The lowest BCUT2D eigenvalue weighted by molar-refractivity contribution is -0.384. The number of hydrogen-bond acceptors (Lipinski definition) is 3. The van der Waals surface area contributed by atoms with E-state index in [-0.39, 0.29) is 16.6 Å². The standard InChI is InChI=1S/C14H10BrClN2O3/c1-8-2-4-11(15)10(6-8)14(19)17-9-3-5-13(18(20)21)12(16)7-9/h2-7H,1H3,(H,17,19). The van der Waals surface area contributed by atoms with E-state index in [1.54, 1.807) is 12.1 Å². The van der Waals surface area contributed by atoms with Crippen LogP contribution in [0, 0.1) is 17.0 Å². The number of nitro groups is 1. The molecule has 0 atom stereocenters. The Bertz CT molecular complexity index is 734. The molecule has 1 amide bonds. The number of anilines is 1. The Morgan fingerprint density at radius 2 is 2.00 bits per heavy atom. The van der Waals surface area contributed by atoms with Crippen LogP contribution in [0.1, 0.15) is 15.9 Å². The minimum Gasteiger partial charge on any atom is -0.322 e. The van der Waals surface area contributed by atoms with Gasteiger partial charge in [0.25, 0.3) is 11.6 Å². The maximum Gasteiger partial charge on any atom is 0.288 e. The number of rotatable bonds is 3. The van der Waals surface area contributed by atoms with Crippen LogP contribution in [-0.4, -0.2) is 10.8 Å². The highest BCUT2D eigenvalue weighted by Crippen LogP contribution is 2.28. The number of nitrogens with one attached hydrogen (secondary N) is 1. The summed E-state index contributed by atoms with van der Waals surface area (Å²) in [4.78, 5) is 22.3. The largest absolute Gasteiger partial charge is 0.322 e. The Kier molecular flexibility index (Phi) is 4.59. The molecule has 0 saturated carbocycles. The first-order valence-corrected chi connectivity index (χ1v) is 7.07. The van der Waals surface area contributed by atoms with Crippen LogP contribution in [0.5, 0.6) is 0 Å². The fraction of sp³-hybridized carbons (Fsp3) is 0.0714. The Balaban J connectivity index is 2.26. The molecule has 2 aromatic carbocycles. The predicted molar refractivity (Wildman–Crippen MR) is 84.9 cm³/mol. The van der Waals surface area contributed by atoms with Crippen LogP contribution in [0.4, 0.5) is 11.4 Å². The van der Waals surface area contributed by atoms with Crippen LogP contribution in [0.25, 0.3) is 0 Å². The van der Waals surface area contributed by atoms with Crippen LogP contribution in [0.3, 0.4) is 0 Å². The number of nitrogens with zero attached hydrogens (tertiary/aromatic N) is 1. The summed E-state index contributed by atoms with van der Waals surface area (Å²) < 4.78 is 0.665. The summed E-state index contributed by atoms with van der Waals surface area (Å²) in [7, 11) is 0. The number of benzene rings is 2. The van der Waals surface area contributed by atoms with Crippen molar-refractivity contribution in [3.05, 3.63) is 67.1 Å². The zero-order chi connectivity index (χ0) is 15.6. The second kappa shape index (κ2) is 6.24. The second-order valence-electron chi connectivity index (χ2n) is 4.36. The topological polar surface area (TPSA) is 72.2 Å². The molecule has 5 nitrogen and oxygen atoms in total.